The van der Waals surface area contributed by atoms with Gasteiger partial charge in [-0.15, -0.1) is 0 Å². The highest BCUT2D eigenvalue weighted by Gasteiger charge is 2.31. The highest BCUT2D eigenvalue weighted by molar-refractivity contribution is 5.76. The van der Waals surface area contributed by atoms with Crippen molar-refractivity contribution >= 4 is 5.91 Å². The van der Waals surface area contributed by atoms with Crippen molar-refractivity contribution in [3.05, 3.63) is 0 Å². The molecule has 0 aromatic rings. The van der Waals surface area contributed by atoms with Crippen LogP contribution in [0.3, 0.4) is 0 Å². The van der Waals surface area contributed by atoms with E-state index < -0.39 is 0 Å². The Hall–Kier alpha value is -1.08. The van der Waals surface area contributed by atoms with E-state index in [0.717, 1.165) is 19.4 Å². The van der Waals surface area contributed by atoms with Crippen LogP contribution in [0.25, 0.3) is 0 Å². The van der Waals surface area contributed by atoms with E-state index in [4.69, 9.17) is 10.00 Å². The Balaban J connectivity index is 2.22. The third-order valence-electron chi connectivity index (χ3n) is 3.29. The van der Waals surface area contributed by atoms with Crippen molar-refractivity contribution in [2.45, 2.75) is 45.6 Å². The minimum atomic E-state index is 0.183. The molecule has 4 nitrogen and oxygen atoms in total. The van der Waals surface area contributed by atoms with Gasteiger partial charge in [0.15, 0.2) is 0 Å². The molecule has 1 rings (SSSR count). The van der Waals surface area contributed by atoms with E-state index in [9.17, 15) is 4.79 Å². The Morgan fingerprint density at radius 3 is 2.71 bits per heavy atom. The SMILES string of the molecule is CCOC1CC(CC(=O)N(CC)CCC#N)C1. The van der Waals surface area contributed by atoms with Gasteiger partial charge in [-0.2, -0.15) is 5.26 Å². The maximum atomic E-state index is 11.9. The normalized spacial score (nSPS) is 22.6. The summed E-state index contributed by atoms with van der Waals surface area (Å²) in [4.78, 5) is 13.7. The Labute approximate surface area is 104 Å². The molecule has 17 heavy (non-hydrogen) atoms. The smallest absolute Gasteiger partial charge is 0.222 e. The highest BCUT2D eigenvalue weighted by atomic mass is 16.5. The molecule has 0 atom stereocenters. The van der Waals surface area contributed by atoms with Crippen LogP contribution < -0.4 is 0 Å². The zero-order chi connectivity index (χ0) is 12.7. The van der Waals surface area contributed by atoms with E-state index in [1.807, 2.05) is 13.8 Å². The number of hydrogen-bond donors (Lipinski definition) is 0. The van der Waals surface area contributed by atoms with Gasteiger partial charge < -0.3 is 9.64 Å². The predicted molar refractivity (Wildman–Crippen MR) is 65.2 cm³/mol. The summed E-state index contributed by atoms with van der Waals surface area (Å²) in [6.07, 6.45) is 3.42. The average molecular weight is 238 g/mol. The molecule has 0 bridgehead atoms. The zero-order valence-electron chi connectivity index (χ0n) is 10.8. The fraction of sp³-hybridized carbons (Fsp3) is 0.846. The largest absolute Gasteiger partial charge is 0.378 e. The quantitative estimate of drug-likeness (QED) is 0.681. The Morgan fingerprint density at radius 2 is 2.18 bits per heavy atom. The minimum Gasteiger partial charge on any atom is -0.378 e. The van der Waals surface area contributed by atoms with Gasteiger partial charge in [-0.05, 0) is 32.6 Å². The van der Waals surface area contributed by atoms with E-state index >= 15 is 0 Å². The molecule has 0 unspecified atom stereocenters. The topological polar surface area (TPSA) is 53.3 Å². The van der Waals surface area contributed by atoms with Crippen LogP contribution in [0.1, 0.15) is 39.5 Å². The lowest BCUT2D eigenvalue weighted by molar-refractivity contribution is -0.134. The standard InChI is InChI=1S/C13H22N2O2/c1-3-15(7-5-6-14)13(16)10-11-8-12(9-11)17-4-2/h11-12H,3-5,7-10H2,1-2H3. The van der Waals surface area contributed by atoms with Gasteiger partial charge in [-0.25, -0.2) is 0 Å². The summed E-state index contributed by atoms with van der Waals surface area (Å²) >= 11 is 0. The summed E-state index contributed by atoms with van der Waals surface area (Å²) in [6, 6.07) is 2.08. The number of rotatable bonds is 7. The number of amides is 1. The molecular formula is C13H22N2O2. The molecule has 0 N–H and O–H groups in total. The van der Waals surface area contributed by atoms with E-state index in [1.165, 1.54) is 0 Å². The lowest BCUT2D eigenvalue weighted by Gasteiger charge is -2.35. The molecule has 0 aromatic carbocycles. The zero-order valence-corrected chi connectivity index (χ0v) is 10.8. The van der Waals surface area contributed by atoms with Gasteiger partial charge >= 0.3 is 0 Å². The molecule has 1 saturated carbocycles. The Bertz CT molecular complexity index is 280. The van der Waals surface area contributed by atoms with Crippen LogP contribution in [-0.2, 0) is 9.53 Å². The number of carbonyl (C=O) groups is 1. The van der Waals surface area contributed by atoms with Crippen molar-refractivity contribution < 1.29 is 9.53 Å². The summed E-state index contributed by atoms with van der Waals surface area (Å²) < 4.78 is 5.47. The van der Waals surface area contributed by atoms with Crippen LogP contribution in [0.15, 0.2) is 0 Å². The van der Waals surface area contributed by atoms with Crippen LogP contribution in [0.2, 0.25) is 0 Å². The molecule has 1 aliphatic rings. The van der Waals surface area contributed by atoms with E-state index in [1.54, 1.807) is 4.90 Å². The van der Waals surface area contributed by atoms with Gasteiger partial charge in [0.2, 0.25) is 5.91 Å². The van der Waals surface area contributed by atoms with Gasteiger partial charge in [-0.1, -0.05) is 0 Å². The van der Waals surface area contributed by atoms with Crippen molar-refractivity contribution in [1.29, 1.82) is 5.26 Å². The molecule has 1 aliphatic carbocycles. The summed E-state index contributed by atoms with van der Waals surface area (Å²) in [5, 5.41) is 8.52. The summed E-state index contributed by atoms with van der Waals surface area (Å²) in [5.41, 5.74) is 0. The second-order valence-corrected chi connectivity index (χ2v) is 4.50. The van der Waals surface area contributed by atoms with Crippen molar-refractivity contribution in [1.82, 2.24) is 4.90 Å². The number of nitriles is 1. The molecule has 96 valence electrons. The van der Waals surface area contributed by atoms with Crippen LogP contribution in [-0.4, -0.2) is 36.6 Å². The number of carbonyl (C=O) groups excluding carboxylic acids is 1. The first-order valence-corrected chi connectivity index (χ1v) is 6.47. The number of ether oxygens (including phenoxy) is 1. The lowest BCUT2D eigenvalue weighted by Crippen LogP contribution is -2.38. The van der Waals surface area contributed by atoms with Crippen molar-refractivity contribution in [2.24, 2.45) is 5.92 Å². The van der Waals surface area contributed by atoms with Crippen molar-refractivity contribution in [3.8, 4) is 6.07 Å². The van der Waals surface area contributed by atoms with Crippen LogP contribution >= 0.6 is 0 Å². The monoisotopic (exact) mass is 238 g/mol. The predicted octanol–water partition coefficient (Wildman–Crippen LogP) is 1.95. The maximum Gasteiger partial charge on any atom is 0.222 e. The van der Waals surface area contributed by atoms with Gasteiger partial charge in [0, 0.05) is 26.1 Å². The van der Waals surface area contributed by atoms with Crippen molar-refractivity contribution in [3.63, 3.8) is 0 Å². The molecule has 0 spiro atoms. The van der Waals surface area contributed by atoms with Crippen LogP contribution in [0.5, 0.6) is 0 Å². The molecular weight excluding hydrogens is 216 g/mol. The lowest BCUT2D eigenvalue weighted by atomic mass is 9.79. The van der Waals surface area contributed by atoms with Gasteiger partial charge in [0.05, 0.1) is 18.6 Å². The first kappa shape index (κ1) is 14.0. The molecule has 0 radical (unpaired) electrons. The molecule has 0 heterocycles. The average Bonchev–Trinajstić information content (AvgIpc) is 2.27. The third-order valence-corrected chi connectivity index (χ3v) is 3.29. The third kappa shape index (κ3) is 4.35. The summed E-state index contributed by atoms with van der Waals surface area (Å²) in [7, 11) is 0. The second kappa shape index (κ2) is 7.29. The van der Waals surface area contributed by atoms with E-state index in [2.05, 4.69) is 6.07 Å². The first-order valence-electron chi connectivity index (χ1n) is 6.47. The molecule has 0 aromatic heterocycles. The van der Waals surface area contributed by atoms with Gasteiger partial charge in [0.1, 0.15) is 0 Å². The Kier molecular flexibility index (Phi) is 5.99. The highest BCUT2D eigenvalue weighted by Crippen LogP contribution is 2.33. The molecule has 1 fully saturated rings. The minimum absolute atomic E-state index is 0.183. The molecule has 4 heteroatoms. The van der Waals surface area contributed by atoms with Crippen LogP contribution in [0, 0.1) is 17.2 Å². The number of nitrogens with zero attached hydrogens (tertiary/aromatic N) is 2. The summed E-state index contributed by atoms with van der Waals surface area (Å²) in [5.74, 6) is 0.665. The molecule has 1 amide bonds. The van der Waals surface area contributed by atoms with Gasteiger partial charge in [-0.3, -0.25) is 4.79 Å². The van der Waals surface area contributed by atoms with Crippen molar-refractivity contribution in [2.75, 3.05) is 19.7 Å². The molecule has 0 aliphatic heterocycles. The maximum absolute atomic E-state index is 11.9. The first-order chi connectivity index (χ1) is 8.21. The van der Waals surface area contributed by atoms with Gasteiger partial charge in [0.25, 0.3) is 0 Å². The molecule has 0 saturated heterocycles. The second-order valence-electron chi connectivity index (χ2n) is 4.50. The van der Waals surface area contributed by atoms with E-state index in [0.29, 0.717) is 38.0 Å². The van der Waals surface area contributed by atoms with E-state index in [-0.39, 0.29) is 5.91 Å². The number of hydrogen-bond acceptors (Lipinski definition) is 3. The fourth-order valence-electron chi connectivity index (χ4n) is 2.23. The summed E-state index contributed by atoms with van der Waals surface area (Å²) in [6.45, 7) is 5.97. The van der Waals surface area contributed by atoms with Crippen LogP contribution in [0.4, 0.5) is 0 Å². The Morgan fingerprint density at radius 1 is 1.47 bits per heavy atom. The fourth-order valence-corrected chi connectivity index (χ4v) is 2.23.